The van der Waals surface area contributed by atoms with Crippen LogP contribution in [0.25, 0.3) is 11.0 Å². The molecule has 0 aliphatic heterocycles. The largest absolute Gasteiger partial charge is 0.331 e. The van der Waals surface area contributed by atoms with E-state index in [9.17, 15) is 0 Å². The molecule has 5 heteroatoms. The summed E-state index contributed by atoms with van der Waals surface area (Å²) in [7, 11) is 0. The van der Waals surface area contributed by atoms with E-state index in [0.29, 0.717) is 0 Å². The number of fused-ring (bicyclic) bond motifs is 1. The van der Waals surface area contributed by atoms with Crippen molar-refractivity contribution in [1.82, 2.24) is 14.5 Å². The van der Waals surface area contributed by atoms with Gasteiger partial charge in [-0.25, -0.2) is 4.98 Å². The topological polar surface area (TPSA) is 33.6 Å². The average Bonchev–Trinajstić information content (AvgIpc) is 2.86. The number of nitrogens with zero attached hydrogens (tertiary/aromatic N) is 2. The van der Waals surface area contributed by atoms with Crippen molar-refractivity contribution in [1.29, 1.82) is 0 Å². The molecule has 1 N–H and O–H groups in total. The van der Waals surface area contributed by atoms with Crippen LogP contribution in [0.4, 0.5) is 0 Å². The average molecular weight is 275 g/mol. The van der Waals surface area contributed by atoms with Crippen molar-refractivity contribution in [2.45, 2.75) is 20.4 Å². The van der Waals surface area contributed by atoms with Crippen LogP contribution < -0.4 is 0 Å². The predicted octanol–water partition coefficient (Wildman–Crippen LogP) is 3.82. The summed E-state index contributed by atoms with van der Waals surface area (Å²) in [5.74, 6) is 0. The molecular formula is C13H13N3S2. The van der Waals surface area contributed by atoms with Crippen LogP contribution in [0.15, 0.2) is 23.7 Å². The molecule has 3 aromatic rings. The summed E-state index contributed by atoms with van der Waals surface area (Å²) in [6.45, 7) is 4.94. The van der Waals surface area contributed by atoms with Gasteiger partial charge >= 0.3 is 0 Å². The zero-order valence-corrected chi connectivity index (χ0v) is 11.9. The van der Waals surface area contributed by atoms with E-state index in [-0.39, 0.29) is 0 Å². The summed E-state index contributed by atoms with van der Waals surface area (Å²) in [5, 5.41) is 0. The molecule has 18 heavy (non-hydrogen) atoms. The lowest BCUT2D eigenvalue weighted by Crippen LogP contribution is -2.00. The minimum atomic E-state index is 0.770. The van der Waals surface area contributed by atoms with Crippen molar-refractivity contribution in [3.8, 4) is 0 Å². The summed E-state index contributed by atoms with van der Waals surface area (Å²) in [5.41, 5.74) is 6.50. The highest BCUT2D eigenvalue weighted by Crippen LogP contribution is 2.21. The fourth-order valence-corrected chi connectivity index (χ4v) is 3.21. The Bertz CT molecular complexity index is 764. The van der Waals surface area contributed by atoms with Gasteiger partial charge in [0.1, 0.15) is 0 Å². The minimum Gasteiger partial charge on any atom is -0.331 e. The van der Waals surface area contributed by atoms with Crippen LogP contribution in [0.2, 0.25) is 0 Å². The van der Waals surface area contributed by atoms with Crippen molar-refractivity contribution >= 4 is 34.6 Å². The SMILES string of the molecule is Cc1ncsc1Cn1c(=S)[nH]c2cccc(C)c21. The second-order valence-corrected chi connectivity index (χ2v) is 5.67. The number of imidazole rings is 1. The maximum atomic E-state index is 5.42. The predicted molar refractivity (Wildman–Crippen MR) is 77.8 cm³/mol. The first-order chi connectivity index (χ1) is 8.66. The molecule has 0 atom stereocenters. The van der Waals surface area contributed by atoms with Gasteiger partial charge < -0.3 is 9.55 Å². The van der Waals surface area contributed by atoms with Gasteiger partial charge in [-0.15, -0.1) is 11.3 Å². The molecule has 1 aromatic carbocycles. The highest BCUT2D eigenvalue weighted by Gasteiger charge is 2.09. The van der Waals surface area contributed by atoms with E-state index in [4.69, 9.17) is 12.2 Å². The number of aryl methyl sites for hydroxylation is 2. The molecule has 0 bridgehead atoms. The number of aromatic nitrogens is 3. The zero-order valence-electron chi connectivity index (χ0n) is 10.2. The Labute approximate surface area is 114 Å². The lowest BCUT2D eigenvalue weighted by molar-refractivity contribution is 0.813. The van der Waals surface area contributed by atoms with E-state index in [2.05, 4.69) is 33.6 Å². The third kappa shape index (κ3) is 1.79. The monoisotopic (exact) mass is 275 g/mol. The molecule has 0 spiro atoms. The Kier molecular flexibility index (Phi) is 2.80. The first-order valence-corrected chi connectivity index (χ1v) is 7.02. The van der Waals surface area contributed by atoms with E-state index in [1.165, 1.54) is 16.0 Å². The first kappa shape index (κ1) is 11.6. The molecule has 0 saturated heterocycles. The van der Waals surface area contributed by atoms with Crippen molar-refractivity contribution in [3.63, 3.8) is 0 Å². The normalized spacial score (nSPS) is 11.2. The van der Waals surface area contributed by atoms with E-state index in [1.54, 1.807) is 11.3 Å². The number of para-hydroxylation sites is 1. The molecule has 3 rings (SSSR count). The van der Waals surface area contributed by atoms with Crippen LogP contribution >= 0.6 is 23.6 Å². The van der Waals surface area contributed by atoms with Gasteiger partial charge in [0.15, 0.2) is 4.77 Å². The number of hydrogen-bond acceptors (Lipinski definition) is 3. The maximum Gasteiger partial charge on any atom is 0.178 e. The lowest BCUT2D eigenvalue weighted by atomic mass is 10.2. The Morgan fingerprint density at radius 2 is 2.22 bits per heavy atom. The fraction of sp³-hybridized carbons (Fsp3) is 0.231. The van der Waals surface area contributed by atoms with Crippen LogP contribution in [0, 0.1) is 18.6 Å². The smallest absolute Gasteiger partial charge is 0.178 e. The third-order valence-corrected chi connectivity index (χ3v) is 4.38. The van der Waals surface area contributed by atoms with E-state index >= 15 is 0 Å². The second kappa shape index (κ2) is 4.33. The number of benzene rings is 1. The number of H-pyrrole nitrogens is 1. The molecule has 0 aliphatic rings. The van der Waals surface area contributed by atoms with Gasteiger partial charge in [-0.05, 0) is 37.7 Å². The van der Waals surface area contributed by atoms with Crippen LogP contribution in [0.5, 0.6) is 0 Å². The van der Waals surface area contributed by atoms with Gasteiger partial charge in [-0.2, -0.15) is 0 Å². The van der Waals surface area contributed by atoms with E-state index in [0.717, 1.165) is 22.5 Å². The molecule has 0 unspecified atom stereocenters. The third-order valence-electron chi connectivity index (χ3n) is 3.14. The fourth-order valence-electron chi connectivity index (χ4n) is 2.17. The summed E-state index contributed by atoms with van der Waals surface area (Å²) < 4.78 is 2.92. The first-order valence-electron chi connectivity index (χ1n) is 5.74. The van der Waals surface area contributed by atoms with Crippen LogP contribution in [0.1, 0.15) is 16.1 Å². The Morgan fingerprint density at radius 3 is 2.94 bits per heavy atom. The van der Waals surface area contributed by atoms with Crippen molar-refractivity contribution < 1.29 is 0 Å². The van der Waals surface area contributed by atoms with Gasteiger partial charge in [0.05, 0.1) is 28.8 Å². The molecule has 0 saturated carbocycles. The minimum absolute atomic E-state index is 0.770. The number of hydrogen-bond donors (Lipinski definition) is 1. The second-order valence-electron chi connectivity index (χ2n) is 4.35. The van der Waals surface area contributed by atoms with Crippen molar-refractivity contribution in [3.05, 3.63) is 44.6 Å². The summed E-state index contributed by atoms with van der Waals surface area (Å²) >= 11 is 7.10. The van der Waals surface area contributed by atoms with Crippen LogP contribution in [-0.2, 0) is 6.54 Å². The summed E-state index contributed by atoms with van der Waals surface area (Å²) in [6.07, 6.45) is 0. The number of rotatable bonds is 2. The van der Waals surface area contributed by atoms with Gasteiger partial charge in [0, 0.05) is 4.88 Å². The highest BCUT2D eigenvalue weighted by atomic mass is 32.1. The molecule has 0 amide bonds. The highest BCUT2D eigenvalue weighted by molar-refractivity contribution is 7.71. The van der Waals surface area contributed by atoms with E-state index in [1.807, 2.05) is 18.5 Å². The van der Waals surface area contributed by atoms with Gasteiger partial charge in [0.2, 0.25) is 0 Å². The lowest BCUT2D eigenvalue weighted by Gasteiger charge is -2.05. The van der Waals surface area contributed by atoms with Gasteiger partial charge in [-0.3, -0.25) is 0 Å². The van der Waals surface area contributed by atoms with Crippen LogP contribution in [-0.4, -0.2) is 14.5 Å². The van der Waals surface area contributed by atoms with E-state index < -0.39 is 0 Å². The number of nitrogens with one attached hydrogen (secondary N) is 1. The van der Waals surface area contributed by atoms with Gasteiger partial charge in [0.25, 0.3) is 0 Å². The quantitative estimate of drug-likeness (QED) is 0.721. The molecule has 0 fully saturated rings. The van der Waals surface area contributed by atoms with Gasteiger partial charge in [-0.1, -0.05) is 12.1 Å². The summed E-state index contributed by atoms with van der Waals surface area (Å²) in [6, 6.07) is 6.22. The number of thiazole rings is 1. The zero-order chi connectivity index (χ0) is 12.7. The molecule has 2 heterocycles. The maximum absolute atomic E-state index is 5.42. The van der Waals surface area contributed by atoms with Crippen LogP contribution in [0.3, 0.4) is 0 Å². The molecule has 0 aliphatic carbocycles. The van der Waals surface area contributed by atoms with Crippen molar-refractivity contribution in [2.24, 2.45) is 0 Å². The molecule has 92 valence electrons. The van der Waals surface area contributed by atoms with Crippen molar-refractivity contribution in [2.75, 3.05) is 0 Å². The molecule has 2 aromatic heterocycles. The molecular weight excluding hydrogens is 262 g/mol. The standard InChI is InChI=1S/C13H13N3S2/c1-8-4-3-5-10-12(8)16(13(17)15-10)6-11-9(2)14-7-18-11/h3-5,7H,6H2,1-2H3,(H,15,17). The summed E-state index contributed by atoms with van der Waals surface area (Å²) in [4.78, 5) is 8.81. The number of aromatic amines is 1. The molecule has 0 radical (unpaired) electrons. The Morgan fingerprint density at radius 1 is 1.39 bits per heavy atom. The Balaban J connectivity index is 2.20. The Hall–Kier alpha value is -1.46. The molecule has 3 nitrogen and oxygen atoms in total.